The highest BCUT2D eigenvalue weighted by Gasteiger charge is 2.15. The van der Waals surface area contributed by atoms with Crippen LogP contribution in [0.25, 0.3) is 0 Å². The number of hydrogen-bond donors (Lipinski definition) is 2. The minimum absolute atomic E-state index is 0.223. The van der Waals surface area contributed by atoms with E-state index < -0.39 is 0 Å². The van der Waals surface area contributed by atoms with E-state index in [9.17, 15) is 4.79 Å². The van der Waals surface area contributed by atoms with E-state index in [-0.39, 0.29) is 11.1 Å². The topological polar surface area (TPSA) is 72.3 Å². The summed E-state index contributed by atoms with van der Waals surface area (Å²) in [5.41, 5.74) is 11.3. The molecule has 4 nitrogen and oxygen atoms in total. The van der Waals surface area contributed by atoms with Gasteiger partial charge in [0.25, 0.3) is 0 Å². The van der Waals surface area contributed by atoms with Crippen LogP contribution in [0.15, 0.2) is 0 Å². The molecule has 0 heterocycles. The summed E-state index contributed by atoms with van der Waals surface area (Å²) in [5.74, 6) is 0. The Bertz CT molecular complexity index is 173. The fourth-order valence-corrected chi connectivity index (χ4v) is 1.08. The first-order chi connectivity index (χ1) is 6.64. The van der Waals surface area contributed by atoms with Gasteiger partial charge in [0.2, 0.25) is 6.41 Å². The molecule has 0 aliphatic rings. The normalized spacial score (nSPS) is 12.7. The third-order valence-corrected chi connectivity index (χ3v) is 2.24. The summed E-state index contributed by atoms with van der Waals surface area (Å²) in [7, 11) is 0. The summed E-state index contributed by atoms with van der Waals surface area (Å²) >= 11 is 0. The molecule has 4 N–H and O–H groups in total. The molecule has 0 fully saturated rings. The molecule has 90 valence electrons. The van der Waals surface area contributed by atoms with Gasteiger partial charge in [0, 0.05) is 24.2 Å². The lowest BCUT2D eigenvalue weighted by Crippen LogP contribution is -2.40. The first kappa shape index (κ1) is 14.4. The lowest BCUT2D eigenvalue weighted by molar-refractivity contribution is -0.118. The minimum Gasteiger partial charge on any atom is -0.345 e. The van der Waals surface area contributed by atoms with Crippen molar-refractivity contribution in [2.45, 2.75) is 51.6 Å². The third-order valence-electron chi connectivity index (χ3n) is 2.24. The number of rotatable bonds is 7. The predicted octanol–water partition coefficient (Wildman–Crippen LogP) is 0.700. The zero-order chi connectivity index (χ0) is 12.1. The van der Waals surface area contributed by atoms with Crippen molar-refractivity contribution in [3.8, 4) is 0 Å². The molecular formula is C11H25N3O. The Hall–Kier alpha value is -0.610. The first-order valence-corrected chi connectivity index (χ1v) is 5.41. The van der Waals surface area contributed by atoms with Gasteiger partial charge in [-0.15, -0.1) is 0 Å². The molecule has 0 aromatic heterocycles. The van der Waals surface area contributed by atoms with Crippen LogP contribution in [0.4, 0.5) is 0 Å². The largest absolute Gasteiger partial charge is 0.345 e. The smallest absolute Gasteiger partial charge is 0.209 e. The van der Waals surface area contributed by atoms with E-state index in [2.05, 4.69) is 0 Å². The molecule has 0 rings (SSSR count). The van der Waals surface area contributed by atoms with Crippen molar-refractivity contribution in [3.63, 3.8) is 0 Å². The molecule has 0 saturated heterocycles. The van der Waals surface area contributed by atoms with Crippen molar-refractivity contribution in [1.82, 2.24) is 4.90 Å². The van der Waals surface area contributed by atoms with Crippen LogP contribution in [-0.2, 0) is 4.79 Å². The van der Waals surface area contributed by atoms with E-state index in [1.807, 2.05) is 27.7 Å². The molecule has 0 atom stereocenters. The molecule has 0 aliphatic carbocycles. The van der Waals surface area contributed by atoms with Gasteiger partial charge in [-0.3, -0.25) is 4.79 Å². The molecule has 4 heteroatoms. The number of hydrogen-bond acceptors (Lipinski definition) is 3. The van der Waals surface area contributed by atoms with Gasteiger partial charge in [0.05, 0.1) is 0 Å². The van der Waals surface area contributed by atoms with Crippen LogP contribution in [-0.4, -0.2) is 35.5 Å². The van der Waals surface area contributed by atoms with Crippen LogP contribution < -0.4 is 11.5 Å². The van der Waals surface area contributed by atoms with Gasteiger partial charge in [-0.1, -0.05) is 0 Å². The van der Waals surface area contributed by atoms with Gasteiger partial charge in [-0.2, -0.15) is 0 Å². The average molecular weight is 215 g/mol. The Kier molecular flexibility index (Phi) is 5.24. The van der Waals surface area contributed by atoms with E-state index in [1.165, 1.54) is 0 Å². The molecule has 0 aliphatic heterocycles. The molecule has 0 aromatic rings. The highest BCUT2D eigenvalue weighted by molar-refractivity contribution is 5.46. The Morgan fingerprint density at radius 3 is 1.53 bits per heavy atom. The maximum Gasteiger partial charge on any atom is 0.209 e. The van der Waals surface area contributed by atoms with Crippen LogP contribution >= 0.6 is 0 Å². The van der Waals surface area contributed by atoms with Crippen molar-refractivity contribution in [3.05, 3.63) is 0 Å². The van der Waals surface area contributed by atoms with Crippen LogP contribution in [0.3, 0.4) is 0 Å². The van der Waals surface area contributed by atoms with Crippen molar-refractivity contribution in [2.24, 2.45) is 11.5 Å². The Balaban J connectivity index is 3.89. The zero-order valence-corrected chi connectivity index (χ0v) is 10.4. The highest BCUT2D eigenvalue weighted by Crippen LogP contribution is 2.08. The van der Waals surface area contributed by atoms with Crippen LogP contribution in [0, 0.1) is 0 Å². The second-order valence-corrected chi connectivity index (χ2v) is 5.62. The van der Waals surface area contributed by atoms with Gasteiger partial charge < -0.3 is 16.4 Å². The van der Waals surface area contributed by atoms with Crippen molar-refractivity contribution in [2.75, 3.05) is 13.1 Å². The van der Waals surface area contributed by atoms with Crippen LogP contribution in [0.5, 0.6) is 0 Å². The summed E-state index contributed by atoms with van der Waals surface area (Å²) in [6.07, 6.45) is 2.48. The number of amides is 1. The quantitative estimate of drug-likeness (QED) is 0.614. The van der Waals surface area contributed by atoms with E-state index in [1.54, 1.807) is 4.90 Å². The molecule has 0 radical (unpaired) electrons. The predicted molar refractivity (Wildman–Crippen MR) is 63.4 cm³/mol. The monoisotopic (exact) mass is 215 g/mol. The number of nitrogens with two attached hydrogens (primary N) is 2. The van der Waals surface area contributed by atoms with Crippen molar-refractivity contribution in [1.29, 1.82) is 0 Å². The maximum absolute atomic E-state index is 10.8. The summed E-state index contributed by atoms with van der Waals surface area (Å²) in [6.45, 7) is 9.24. The van der Waals surface area contributed by atoms with Gasteiger partial charge in [0.1, 0.15) is 0 Å². The molecule has 0 unspecified atom stereocenters. The summed E-state index contributed by atoms with van der Waals surface area (Å²) in [4.78, 5) is 12.5. The number of nitrogens with zero attached hydrogens (tertiary/aromatic N) is 1. The van der Waals surface area contributed by atoms with Gasteiger partial charge >= 0.3 is 0 Å². The molecule has 0 spiro atoms. The Morgan fingerprint density at radius 1 is 1.00 bits per heavy atom. The standard InChI is InChI=1S/C11H25N3O/c1-10(2,12)5-7-14(9-15)8-6-11(3,4)13/h9H,5-8,12-13H2,1-4H3. The maximum atomic E-state index is 10.8. The summed E-state index contributed by atoms with van der Waals surface area (Å²) in [6, 6.07) is 0. The van der Waals surface area contributed by atoms with Crippen LogP contribution in [0.2, 0.25) is 0 Å². The molecule has 1 amide bonds. The average Bonchev–Trinajstić information content (AvgIpc) is 2.00. The Morgan fingerprint density at radius 2 is 1.33 bits per heavy atom. The van der Waals surface area contributed by atoms with Gasteiger partial charge in [-0.05, 0) is 40.5 Å². The van der Waals surface area contributed by atoms with E-state index in [0.29, 0.717) is 13.1 Å². The number of carbonyl (C=O) groups excluding carboxylic acids is 1. The fraction of sp³-hybridized carbons (Fsp3) is 0.909. The van der Waals surface area contributed by atoms with Gasteiger partial charge in [0.15, 0.2) is 0 Å². The van der Waals surface area contributed by atoms with Crippen molar-refractivity contribution >= 4 is 6.41 Å². The fourth-order valence-electron chi connectivity index (χ4n) is 1.08. The molecule has 0 bridgehead atoms. The lowest BCUT2D eigenvalue weighted by atomic mass is 10.0. The molecule has 15 heavy (non-hydrogen) atoms. The third kappa shape index (κ3) is 9.69. The van der Waals surface area contributed by atoms with Crippen LogP contribution in [0.1, 0.15) is 40.5 Å². The summed E-state index contributed by atoms with van der Waals surface area (Å²) < 4.78 is 0. The highest BCUT2D eigenvalue weighted by atomic mass is 16.1. The number of carbonyl (C=O) groups is 1. The SMILES string of the molecule is CC(C)(N)CCN(C=O)CCC(C)(C)N. The lowest BCUT2D eigenvalue weighted by Gasteiger charge is -2.26. The Labute approximate surface area is 93.0 Å². The summed E-state index contributed by atoms with van der Waals surface area (Å²) in [5, 5.41) is 0. The second-order valence-electron chi connectivity index (χ2n) is 5.62. The molecular weight excluding hydrogens is 190 g/mol. The van der Waals surface area contributed by atoms with E-state index in [4.69, 9.17) is 11.5 Å². The van der Waals surface area contributed by atoms with E-state index in [0.717, 1.165) is 19.3 Å². The molecule has 0 aromatic carbocycles. The van der Waals surface area contributed by atoms with E-state index >= 15 is 0 Å². The van der Waals surface area contributed by atoms with Gasteiger partial charge in [-0.25, -0.2) is 0 Å². The first-order valence-electron chi connectivity index (χ1n) is 5.41. The molecule has 0 saturated carbocycles. The zero-order valence-electron chi connectivity index (χ0n) is 10.4. The minimum atomic E-state index is -0.223. The second kappa shape index (κ2) is 5.47. The van der Waals surface area contributed by atoms with Crippen molar-refractivity contribution < 1.29 is 4.79 Å².